The number of benzene rings is 6. The zero-order chi connectivity index (χ0) is 63.2. The highest BCUT2D eigenvalue weighted by atomic mass is 31.2. The Labute approximate surface area is 504 Å². The molecule has 0 radical (unpaired) electrons. The number of carbonyl (C=O) groups is 2. The van der Waals surface area contributed by atoms with E-state index in [2.05, 4.69) is 15.2 Å². The molecule has 8 rings (SSSR count). The van der Waals surface area contributed by atoms with Crippen LogP contribution < -0.4 is 41.1 Å². The highest BCUT2D eigenvalue weighted by Crippen LogP contribution is 2.45. The summed E-state index contributed by atoms with van der Waals surface area (Å²) in [4.78, 5) is 101. The minimum atomic E-state index is -5.19. The van der Waals surface area contributed by atoms with Crippen molar-refractivity contribution in [3.63, 3.8) is 0 Å². The lowest BCUT2D eigenvalue weighted by molar-refractivity contribution is -0.235. The van der Waals surface area contributed by atoms with E-state index < -0.39 is 94.4 Å². The summed E-state index contributed by atoms with van der Waals surface area (Å²) in [5, 5.41) is 27.2. The Bertz CT molecular complexity index is 4020. The highest BCUT2D eigenvalue weighted by Gasteiger charge is 2.24. The van der Waals surface area contributed by atoms with Crippen LogP contribution in [0.4, 0.5) is 0 Å². The van der Waals surface area contributed by atoms with Gasteiger partial charge in [0.1, 0.15) is 41.8 Å². The van der Waals surface area contributed by atoms with E-state index in [9.17, 15) is 67.2 Å². The third kappa shape index (κ3) is 19.4. The van der Waals surface area contributed by atoms with Gasteiger partial charge in [-0.15, -0.1) is 0 Å². The molecule has 2 aliphatic heterocycles. The van der Waals surface area contributed by atoms with Crippen molar-refractivity contribution in [3.05, 3.63) is 153 Å². The van der Waals surface area contributed by atoms with Crippen molar-refractivity contribution in [2.45, 2.75) is 45.4 Å². The van der Waals surface area contributed by atoms with Gasteiger partial charge in [-0.25, -0.2) is 0 Å². The molecular weight excluding hydrogens is 1230 g/mol. The molecule has 2 amide bonds. The first-order chi connectivity index (χ1) is 41.8. The number of phosphoric acid groups is 3. The second-order valence-electron chi connectivity index (χ2n) is 20.4. The molecular formula is C59H62N2O23P4-4. The summed E-state index contributed by atoms with van der Waals surface area (Å²) in [5.74, 6) is -2.04. The predicted octanol–water partition coefficient (Wildman–Crippen LogP) is 8.31. The molecule has 88 heavy (non-hydrogen) atoms. The second-order valence-corrected chi connectivity index (χ2v) is 26.4. The number of carbonyl (C=O) groups excluding carboxylic acids is 2. The third-order valence-corrected chi connectivity index (χ3v) is 17.2. The van der Waals surface area contributed by atoms with Gasteiger partial charge in [-0.05, 0) is 117 Å². The molecule has 0 bridgehead atoms. The fourth-order valence-corrected chi connectivity index (χ4v) is 12.3. The van der Waals surface area contributed by atoms with Gasteiger partial charge in [-0.3, -0.25) is 32.9 Å². The number of phenolic OH excluding ortho intramolecular Hbond substituents is 2. The molecule has 0 aromatic heterocycles. The molecule has 0 fully saturated rings. The lowest BCUT2D eigenvalue weighted by Gasteiger charge is -2.29. The molecule has 2 heterocycles. The first-order valence-corrected chi connectivity index (χ1v) is 34.1. The van der Waals surface area contributed by atoms with Gasteiger partial charge in [0.25, 0.3) is 35.3 Å². The van der Waals surface area contributed by atoms with Gasteiger partial charge in [-0.2, -0.15) is 0 Å². The first-order valence-electron chi connectivity index (χ1n) is 27.7. The molecule has 4 aromatic carbocycles. The lowest BCUT2D eigenvalue weighted by Crippen LogP contribution is -2.25. The largest absolute Gasteiger partial charge is 0.779 e. The van der Waals surface area contributed by atoms with Crippen LogP contribution in [0.3, 0.4) is 0 Å². The molecule has 4 aliphatic rings. The number of hydrogen-bond acceptors (Lipinski definition) is 23. The molecule has 470 valence electrons. The Morgan fingerprint density at radius 3 is 1.33 bits per heavy atom. The van der Waals surface area contributed by atoms with E-state index in [1.165, 1.54) is 55.5 Å². The predicted molar refractivity (Wildman–Crippen MR) is 315 cm³/mol. The average molecular weight is 1290 g/mol. The normalized spacial score (nSPS) is 15.3. The number of phosphoric ester groups is 3. The molecule has 25 nitrogen and oxygen atoms in total. The SMILES string of the molecule is CCOP(=O)([O-])OCC(CCCCNC(=O)c1cccc(-c2c3ccc(=O)cc-3oc3cc(O)ccc23)c1)COP(=O)([O-])OCCOP(=O)([O-])OCC(CCCCNC(=O)c1cccc(-c2c3ccc(=O)cc-3oc3cc(O)ccc23)c1)COP(C)(=O)[O-]. The van der Waals surface area contributed by atoms with E-state index in [1.54, 1.807) is 72.8 Å². The van der Waals surface area contributed by atoms with Crippen molar-refractivity contribution in [3.8, 4) is 56.4 Å². The highest BCUT2D eigenvalue weighted by molar-refractivity contribution is 7.50. The van der Waals surface area contributed by atoms with Crippen molar-refractivity contribution < 1.29 is 98.1 Å². The standard InChI is InChI=1S/C59H66N2O23P4/c1-3-76-86(70,71)80-36-39(11-5-7-25-61-59(67)43-15-9-13-41(29-43)57-50-22-18-46(64)32-54(50)84-55-33-47(65)19-23-51(55)57)37-82-88(74,75)78-27-26-77-87(72,73)81-35-38(34-79-85(2,68)69)10-4-6-24-60-58(66)42-14-8-12-40(28-42)56-48-20-16-44(62)30-52(48)83-53-31-45(63)17-21-49(53)56/h8-9,12-23,28-33,38-39,62,64H,3-7,10-11,24-27,34-37H2,1-2H3,(H,60,66)(H,61,67)(H,68,69)(H,70,71)(H,72,73)(H,74,75)/p-4. The number of aromatic hydroxyl groups is 2. The molecule has 6 atom stereocenters. The van der Waals surface area contributed by atoms with Crippen LogP contribution in [-0.4, -0.2) is 88.0 Å². The maximum Gasteiger partial charge on any atom is 0.267 e. The molecule has 0 spiro atoms. The zero-order valence-electron chi connectivity index (χ0n) is 47.6. The second kappa shape index (κ2) is 30.2. The molecule has 4 N–H and O–H groups in total. The van der Waals surface area contributed by atoms with Crippen LogP contribution in [0.5, 0.6) is 11.5 Å². The number of unbranched alkanes of at least 4 members (excludes halogenated alkanes) is 2. The van der Waals surface area contributed by atoms with Crippen molar-refractivity contribution >= 4 is 64.8 Å². The summed E-state index contributed by atoms with van der Waals surface area (Å²) in [7, 11) is -19.4. The van der Waals surface area contributed by atoms with E-state index in [0.717, 1.165) is 6.66 Å². The van der Waals surface area contributed by atoms with Crippen molar-refractivity contribution in [2.75, 3.05) is 66.0 Å². The van der Waals surface area contributed by atoms with Crippen LogP contribution >= 0.6 is 31.1 Å². The Kier molecular flexibility index (Phi) is 23.1. The van der Waals surface area contributed by atoms with Crippen LogP contribution in [0.15, 0.2) is 140 Å². The third-order valence-electron chi connectivity index (χ3n) is 13.6. The lowest BCUT2D eigenvalue weighted by atomic mass is 9.92. The Morgan fingerprint density at radius 1 is 0.511 bits per heavy atom. The number of phenols is 2. The van der Waals surface area contributed by atoms with Gasteiger partial charge in [-0.1, -0.05) is 37.1 Å². The fourth-order valence-electron chi connectivity index (χ4n) is 9.52. The van der Waals surface area contributed by atoms with Gasteiger partial charge < -0.3 is 85.5 Å². The van der Waals surface area contributed by atoms with Crippen LogP contribution in [0.1, 0.15) is 66.2 Å². The molecule has 0 saturated heterocycles. The number of nitrogens with one attached hydrogen (secondary N) is 2. The first kappa shape index (κ1) is 67.2. The van der Waals surface area contributed by atoms with Crippen LogP contribution in [0.2, 0.25) is 0 Å². The van der Waals surface area contributed by atoms with E-state index >= 15 is 0 Å². The number of hydrogen-bond donors (Lipinski definition) is 4. The topological polar surface area (TPSA) is 384 Å². The Morgan fingerprint density at radius 2 is 0.920 bits per heavy atom. The van der Waals surface area contributed by atoms with Crippen molar-refractivity contribution in [2.24, 2.45) is 11.8 Å². The molecule has 0 saturated carbocycles. The fraction of sp³-hybridized carbons (Fsp3) is 0.322. The summed E-state index contributed by atoms with van der Waals surface area (Å²) < 4.78 is 95.7. The number of rotatable bonds is 33. The maximum atomic E-state index is 13.4. The van der Waals surface area contributed by atoms with E-state index in [-0.39, 0.29) is 66.4 Å². The average Bonchev–Trinajstić information content (AvgIpc) is 1.48. The van der Waals surface area contributed by atoms with E-state index in [4.69, 9.17) is 36.0 Å². The number of fused-ring (bicyclic) bond motifs is 4. The van der Waals surface area contributed by atoms with Gasteiger partial charge in [0, 0.05) is 100 Å². The van der Waals surface area contributed by atoms with Gasteiger partial charge in [0.2, 0.25) is 0 Å². The van der Waals surface area contributed by atoms with E-state index in [0.29, 0.717) is 92.1 Å². The number of amides is 2. The van der Waals surface area contributed by atoms with Gasteiger partial charge in [0.05, 0.1) is 46.2 Å². The van der Waals surface area contributed by atoms with E-state index in [1.807, 2.05) is 0 Å². The summed E-state index contributed by atoms with van der Waals surface area (Å²) in [6.07, 6.45) is 1.67. The Balaban J connectivity index is 0.773. The van der Waals surface area contributed by atoms with Crippen molar-refractivity contribution in [1.82, 2.24) is 10.6 Å². The summed E-state index contributed by atoms with van der Waals surface area (Å²) >= 11 is 0. The summed E-state index contributed by atoms with van der Waals surface area (Å²) in [5.41, 5.74) is 4.53. The zero-order valence-corrected chi connectivity index (χ0v) is 51.1. The molecule has 29 heteroatoms. The van der Waals surface area contributed by atoms with Crippen LogP contribution in [0, 0.1) is 11.8 Å². The minimum Gasteiger partial charge on any atom is -0.779 e. The minimum absolute atomic E-state index is 0.0412. The molecule has 2 aliphatic carbocycles. The molecule has 4 aromatic rings. The molecule has 6 unspecified atom stereocenters. The maximum absolute atomic E-state index is 13.4. The summed E-state index contributed by atoms with van der Waals surface area (Å²) in [6.45, 7) is -1.63. The van der Waals surface area contributed by atoms with Gasteiger partial charge >= 0.3 is 0 Å². The van der Waals surface area contributed by atoms with Crippen LogP contribution in [-0.2, 0) is 49.9 Å². The van der Waals surface area contributed by atoms with Crippen molar-refractivity contribution in [1.29, 1.82) is 0 Å². The Hall–Kier alpha value is -6.72. The monoisotopic (exact) mass is 1290 g/mol. The summed E-state index contributed by atoms with van der Waals surface area (Å²) in [6, 6.07) is 31.4. The smallest absolute Gasteiger partial charge is 0.267 e. The van der Waals surface area contributed by atoms with Crippen LogP contribution in [0.25, 0.3) is 66.8 Å². The quantitative estimate of drug-likeness (QED) is 0.0170. The van der Waals surface area contributed by atoms with Gasteiger partial charge in [0.15, 0.2) is 10.9 Å².